The Kier molecular flexibility index (Phi) is 4.70. The normalized spacial score (nSPS) is 11.4. The molecule has 0 amide bonds. The largest absolute Gasteiger partial charge is 0.0620 e. The first-order chi connectivity index (χ1) is 9.41. The molecular weight excluding hydrogens is 308 g/mol. The maximum Gasteiger partial charge on any atom is 0.0244 e. The van der Waals surface area contributed by atoms with Gasteiger partial charge in [-0.3, -0.25) is 0 Å². The van der Waals surface area contributed by atoms with E-state index in [1.165, 1.54) is 32.3 Å². The molecule has 0 N–H and O–H groups in total. The molecule has 0 atom stereocenters. The second-order valence-electron chi connectivity index (χ2n) is 6.09. The fourth-order valence-corrected chi connectivity index (χ4v) is 3.71. The smallest absolute Gasteiger partial charge is 0.0244 e. The van der Waals surface area contributed by atoms with E-state index >= 15 is 0 Å². The molecule has 0 bridgehead atoms. The lowest BCUT2D eigenvalue weighted by molar-refractivity contribution is 0.824. The highest BCUT2D eigenvalue weighted by atomic mass is 79.9. The Morgan fingerprint density at radius 3 is 1.80 bits per heavy atom. The minimum absolute atomic E-state index is 0.519. The van der Waals surface area contributed by atoms with Crippen LogP contribution in [0.2, 0.25) is 0 Å². The van der Waals surface area contributed by atoms with Crippen molar-refractivity contribution in [3.63, 3.8) is 0 Å². The maximum atomic E-state index is 3.81. The third-order valence-corrected chi connectivity index (χ3v) is 4.74. The van der Waals surface area contributed by atoms with Crippen molar-refractivity contribution in [3.8, 4) is 11.1 Å². The molecule has 20 heavy (non-hydrogen) atoms. The molecule has 0 saturated heterocycles. The topological polar surface area (TPSA) is 0 Å². The molecule has 0 aromatic heterocycles. The molecule has 0 fully saturated rings. The molecule has 0 aliphatic rings. The minimum Gasteiger partial charge on any atom is -0.0620 e. The Hall–Kier alpha value is -1.08. The Morgan fingerprint density at radius 2 is 1.35 bits per heavy atom. The van der Waals surface area contributed by atoms with Crippen molar-refractivity contribution < 1.29 is 0 Å². The lowest BCUT2D eigenvalue weighted by Crippen LogP contribution is -1.98. The van der Waals surface area contributed by atoms with E-state index in [1.54, 1.807) is 0 Å². The Balaban J connectivity index is 2.69. The third kappa shape index (κ3) is 2.98. The van der Waals surface area contributed by atoms with Gasteiger partial charge in [0.2, 0.25) is 0 Å². The zero-order valence-corrected chi connectivity index (χ0v) is 14.6. The van der Waals surface area contributed by atoms with E-state index in [1.807, 2.05) is 0 Å². The van der Waals surface area contributed by atoms with Crippen LogP contribution in [0.25, 0.3) is 11.1 Å². The van der Waals surface area contributed by atoms with Gasteiger partial charge in [0.05, 0.1) is 0 Å². The first kappa shape index (κ1) is 15.3. The monoisotopic (exact) mass is 330 g/mol. The van der Waals surface area contributed by atoms with Crippen LogP contribution in [0.15, 0.2) is 40.9 Å². The molecule has 2 aromatic rings. The van der Waals surface area contributed by atoms with Gasteiger partial charge < -0.3 is 0 Å². The number of halogens is 1. The van der Waals surface area contributed by atoms with Crippen molar-refractivity contribution in [2.24, 2.45) is 0 Å². The van der Waals surface area contributed by atoms with Gasteiger partial charge in [-0.1, -0.05) is 67.9 Å². The molecule has 0 aliphatic heterocycles. The summed E-state index contributed by atoms with van der Waals surface area (Å²) in [6.45, 7) is 11.2. The maximum absolute atomic E-state index is 3.81. The summed E-state index contributed by atoms with van der Waals surface area (Å²) in [4.78, 5) is 0. The van der Waals surface area contributed by atoms with E-state index in [9.17, 15) is 0 Å². The molecule has 0 radical (unpaired) electrons. The molecule has 2 rings (SSSR count). The average molecular weight is 331 g/mol. The van der Waals surface area contributed by atoms with Crippen molar-refractivity contribution in [3.05, 3.63) is 57.6 Å². The summed E-state index contributed by atoms with van der Waals surface area (Å²) < 4.78 is 1.28. The molecular formula is C19H23Br. The van der Waals surface area contributed by atoms with E-state index in [4.69, 9.17) is 0 Å². The Morgan fingerprint density at radius 1 is 0.850 bits per heavy atom. The van der Waals surface area contributed by atoms with Gasteiger partial charge in [0, 0.05) is 4.47 Å². The summed E-state index contributed by atoms with van der Waals surface area (Å²) in [7, 11) is 0. The summed E-state index contributed by atoms with van der Waals surface area (Å²) in [6, 6.07) is 13.3. The fourth-order valence-electron chi connectivity index (χ4n) is 2.56. The standard InChI is InChI=1S/C19H23Br/c1-12(2)17-10-15(11-18(13(3)4)19(17)20)16-9-7-6-8-14(16)5/h6-13H,1-5H3. The molecule has 2 aromatic carbocycles. The van der Waals surface area contributed by atoms with Gasteiger partial charge in [0.15, 0.2) is 0 Å². The number of hydrogen-bond donors (Lipinski definition) is 0. The van der Waals surface area contributed by atoms with Gasteiger partial charge in [-0.25, -0.2) is 0 Å². The predicted molar refractivity (Wildman–Crippen MR) is 92.5 cm³/mol. The second-order valence-corrected chi connectivity index (χ2v) is 6.89. The van der Waals surface area contributed by atoms with E-state index in [-0.39, 0.29) is 0 Å². The van der Waals surface area contributed by atoms with Gasteiger partial charge in [-0.05, 0) is 58.7 Å². The van der Waals surface area contributed by atoms with Crippen LogP contribution in [0.3, 0.4) is 0 Å². The number of hydrogen-bond acceptors (Lipinski definition) is 0. The first-order valence-corrected chi connectivity index (χ1v) is 8.10. The van der Waals surface area contributed by atoms with Gasteiger partial charge in [-0.15, -0.1) is 0 Å². The first-order valence-electron chi connectivity index (χ1n) is 7.31. The minimum atomic E-state index is 0.519. The van der Waals surface area contributed by atoms with Crippen LogP contribution in [0, 0.1) is 6.92 Å². The number of rotatable bonds is 3. The summed E-state index contributed by atoms with van der Waals surface area (Å²) in [5, 5.41) is 0. The molecule has 1 heteroatoms. The lowest BCUT2D eigenvalue weighted by atomic mass is 9.90. The number of aryl methyl sites for hydroxylation is 1. The second kappa shape index (κ2) is 6.13. The highest BCUT2D eigenvalue weighted by Crippen LogP contribution is 2.37. The van der Waals surface area contributed by atoms with Crippen molar-refractivity contribution in [1.29, 1.82) is 0 Å². The van der Waals surface area contributed by atoms with E-state index < -0.39 is 0 Å². The van der Waals surface area contributed by atoms with Crippen LogP contribution in [0.1, 0.15) is 56.2 Å². The van der Waals surface area contributed by atoms with Crippen molar-refractivity contribution in [1.82, 2.24) is 0 Å². The van der Waals surface area contributed by atoms with Crippen molar-refractivity contribution in [2.45, 2.75) is 46.5 Å². The van der Waals surface area contributed by atoms with Crippen molar-refractivity contribution in [2.75, 3.05) is 0 Å². The molecule has 0 nitrogen and oxygen atoms in total. The highest BCUT2D eigenvalue weighted by molar-refractivity contribution is 9.10. The van der Waals surface area contributed by atoms with Crippen LogP contribution in [0.5, 0.6) is 0 Å². The Bertz CT molecular complexity index is 580. The van der Waals surface area contributed by atoms with Crippen LogP contribution >= 0.6 is 15.9 Å². The molecule has 106 valence electrons. The van der Waals surface area contributed by atoms with E-state index in [2.05, 4.69) is 86.9 Å². The summed E-state index contributed by atoms with van der Waals surface area (Å²) in [5.74, 6) is 1.04. The molecule has 0 aliphatic carbocycles. The molecule has 0 saturated carbocycles. The Labute approximate surface area is 131 Å². The third-order valence-electron chi connectivity index (χ3n) is 3.83. The SMILES string of the molecule is Cc1ccccc1-c1cc(C(C)C)c(Br)c(C(C)C)c1. The van der Waals surface area contributed by atoms with Gasteiger partial charge in [0.1, 0.15) is 0 Å². The summed E-state index contributed by atoms with van der Waals surface area (Å²) in [6.07, 6.45) is 0. The zero-order chi connectivity index (χ0) is 14.9. The van der Waals surface area contributed by atoms with Crippen LogP contribution in [0.4, 0.5) is 0 Å². The van der Waals surface area contributed by atoms with E-state index in [0.29, 0.717) is 11.8 Å². The van der Waals surface area contributed by atoms with E-state index in [0.717, 1.165) is 0 Å². The number of benzene rings is 2. The molecule has 0 unspecified atom stereocenters. The van der Waals surface area contributed by atoms with Gasteiger partial charge in [-0.2, -0.15) is 0 Å². The predicted octanol–water partition coefficient (Wildman–Crippen LogP) is 6.67. The van der Waals surface area contributed by atoms with Gasteiger partial charge >= 0.3 is 0 Å². The highest BCUT2D eigenvalue weighted by Gasteiger charge is 2.15. The summed E-state index contributed by atoms with van der Waals surface area (Å²) >= 11 is 3.81. The van der Waals surface area contributed by atoms with Gasteiger partial charge in [0.25, 0.3) is 0 Å². The average Bonchev–Trinajstić information content (AvgIpc) is 2.39. The van der Waals surface area contributed by atoms with Crippen LogP contribution < -0.4 is 0 Å². The fraction of sp³-hybridized carbons (Fsp3) is 0.368. The van der Waals surface area contributed by atoms with Crippen molar-refractivity contribution >= 4 is 15.9 Å². The zero-order valence-electron chi connectivity index (χ0n) is 13.0. The van der Waals surface area contributed by atoms with Crippen LogP contribution in [-0.2, 0) is 0 Å². The molecule has 0 spiro atoms. The van der Waals surface area contributed by atoms with Crippen LogP contribution in [-0.4, -0.2) is 0 Å². The summed E-state index contributed by atoms with van der Waals surface area (Å²) in [5.41, 5.74) is 6.80. The molecule has 0 heterocycles. The quantitative estimate of drug-likeness (QED) is 0.589. The lowest BCUT2D eigenvalue weighted by Gasteiger charge is -2.19.